The minimum Gasteiger partial charge on any atom is -0.390 e. The van der Waals surface area contributed by atoms with Gasteiger partial charge in [0.25, 0.3) is 0 Å². The summed E-state index contributed by atoms with van der Waals surface area (Å²) in [6.45, 7) is -0.389. The average molecular weight is 245 g/mol. The number of aliphatic hydroxyl groups excluding tert-OH is 1. The molecule has 0 bridgehead atoms. The molecule has 0 amide bonds. The quantitative estimate of drug-likeness (QED) is 0.830. The highest BCUT2D eigenvalue weighted by molar-refractivity contribution is 9.10. The zero-order chi connectivity index (χ0) is 9.42. The smallest absolute Gasteiger partial charge is 0.223 e. The number of nitrogens with zero attached hydrogens (tertiary/aromatic N) is 2. The molecule has 13 heavy (non-hydrogen) atoms. The fourth-order valence-electron chi connectivity index (χ4n) is 1.15. The maximum absolute atomic E-state index is 13.3. The van der Waals surface area contributed by atoms with Gasteiger partial charge in [0.05, 0.1) is 11.1 Å². The third-order valence-corrected chi connectivity index (χ3v) is 2.38. The largest absolute Gasteiger partial charge is 0.390 e. The normalized spacial score (nSPS) is 11.0. The highest BCUT2D eigenvalue weighted by Crippen LogP contribution is 2.19. The van der Waals surface area contributed by atoms with Crippen molar-refractivity contribution in [3.63, 3.8) is 0 Å². The number of hydrogen-bond donors (Lipinski definition) is 1. The molecule has 3 nitrogen and oxygen atoms in total. The SMILES string of the molecule is OCc1nc2c(Br)cccn2c1F. The van der Waals surface area contributed by atoms with Crippen LogP contribution in [0.3, 0.4) is 0 Å². The topological polar surface area (TPSA) is 37.5 Å². The number of hydrogen-bond acceptors (Lipinski definition) is 2. The minimum atomic E-state index is -0.515. The molecule has 68 valence electrons. The Bertz CT molecular complexity index is 455. The molecule has 5 heteroatoms. The monoisotopic (exact) mass is 244 g/mol. The summed E-state index contributed by atoms with van der Waals surface area (Å²) >= 11 is 3.24. The van der Waals surface area contributed by atoms with Crippen LogP contribution in [0.4, 0.5) is 4.39 Å². The van der Waals surface area contributed by atoms with Crippen molar-refractivity contribution in [2.24, 2.45) is 0 Å². The number of aromatic nitrogens is 2. The van der Waals surface area contributed by atoms with Gasteiger partial charge in [0.1, 0.15) is 5.69 Å². The molecule has 0 radical (unpaired) electrons. The highest BCUT2D eigenvalue weighted by Gasteiger charge is 2.11. The third kappa shape index (κ3) is 1.24. The number of rotatable bonds is 1. The van der Waals surface area contributed by atoms with Gasteiger partial charge < -0.3 is 5.11 Å². The van der Waals surface area contributed by atoms with E-state index in [1.54, 1.807) is 18.3 Å². The molecule has 0 atom stereocenters. The Morgan fingerprint density at radius 2 is 2.38 bits per heavy atom. The lowest BCUT2D eigenvalue weighted by molar-refractivity contribution is 0.270. The van der Waals surface area contributed by atoms with Crippen LogP contribution >= 0.6 is 15.9 Å². The number of fused-ring (bicyclic) bond motifs is 1. The average Bonchev–Trinajstić information content (AvgIpc) is 2.45. The van der Waals surface area contributed by atoms with E-state index in [0.717, 1.165) is 0 Å². The maximum Gasteiger partial charge on any atom is 0.223 e. The Morgan fingerprint density at radius 1 is 1.62 bits per heavy atom. The molecule has 0 aliphatic heterocycles. The Labute approximate surface area is 82.0 Å². The Balaban J connectivity index is 2.83. The number of halogens is 2. The summed E-state index contributed by atoms with van der Waals surface area (Å²) in [4.78, 5) is 3.92. The molecular formula is C8H6BrFN2O. The summed E-state index contributed by atoms with van der Waals surface area (Å²) in [5.41, 5.74) is 0.538. The van der Waals surface area contributed by atoms with Crippen LogP contribution in [-0.2, 0) is 6.61 Å². The lowest BCUT2D eigenvalue weighted by Gasteiger charge is -1.94. The lowest BCUT2D eigenvalue weighted by Crippen LogP contribution is -1.90. The van der Waals surface area contributed by atoms with Crippen molar-refractivity contribution >= 4 is 21.6 Å². The van der Waals surface area contributed by atoms with Crippen LogP contribution < -0.4 is 0 Å². The van der Waals surface area contributed by atoms with E-state index >= 15 is 0 Å². The molecule has 0 aromatic carbocycles. The van der Waals surface area contributed by atoms with Gasteiger partial charge in [-0.2, -0.15) is 4.39 Å². The predicted molar refractivity (Wildman–Crippen MR) is 48.8 cm³/mol. The van der Waals surface area contributed by atoms with Gasteiger partial charge in [-0.15, -0.1) is 0 Å². The van der Waals surface area contributed by atoms with Crippen LogP contribution in [0.15, 0.2) is 22.8 Å². The van der Waals surface area contributed by atoms with Gasteiger partial charge in [-0.3, -0.25) is 4.40 Å². The molecule has 2 rings (SSSR count). The van der Waals surface area contributed by atoms with Crippen LogP contribution in [0.2, 0.25) is 0 Å². The summed E-state index contributed by atoms with van der Waals surface area (Å²) < 4.78 is 15.3. The van der Waals surface area contributed by atoms with Crippen molar-refractivity contribution in [2.45, 2.75) is 6.61 Å². The van der Waals surface area contributed by atoms with E-state index in [4.69, 9.17) is 5.11 Å². The zero-order valence-electron chi connectivity index (χ0n) is 6.54. The molecule has 0 aliphatic rings. The van der Waals surface area contributed by atoms with Gasteiger partial charge in [0, 0.05) is 6.20 Å². The molecule has 1 N–H and O–H groups in total. The van der Waals surface area contributed by atoms with E-state index in [9.17, 15) is 4.39 Å². The maximum atomic E-state index is 13.3. The predicted octanol–water partition coefficient (Wildman–Crippen LogP) is 1.73. The first-order valence-electron chi connectivity index (χ1n) is 3.66. The molecule has 0 aliphatic carbocycles. The lowest BCUT2D eigenvalue weighted by atomic mass is 10.5. The molecule has 0 saturated carbocycles. The summed E-state index contributed by atoms with van der Waals surface area (Å²) in [6, 6.07) is 3.46. The number of imidazole rings is 1. The van der Waals surface area contributed by atoms with E-state index in [1.165, 1.54) is 4.40 Å². The summed E-state index contributed by atoms with van der Waals surface area (Å²) in [6.07, 6.45) is 1.56. The molecular weight excluding hydrogens is 239 g/mol. The van der Waals surface area contributed by atoms with E-state index in [2.05, 4.69) is 20.9 Å². The van der Waals surface area contributed by atoms with Crippen molar-refractivity contribution < 1.29 is 9.50 Å². The molecule has 2 heterocycles. The van der Waals surface area contributed by atoms with E-state index in [1.807, 2.05) is 0 Å². The zero-order valence-corrected chi connectivity index (χ0v) is 8.12. The summed E-state index contributed by atoms with van der Waals surface area (Å²) in [7, 11) is 0. The highest BCUT2D eigenvalue weighted by atomic mass is 79.9. The fourth-order valence-corrected chi connectivity index (χ4v) is 1.59. The van der Waals surface area contributed by atoms with Crippen LogP contribution in [0, 0.1) is 5.95 Å². The van der Waals surface area contributed by atoms with Gasteiger partial charge in [0.2, 0.25) is 5.95 Å². The van der Waals surface area contributed by atoms with E-state index < -0.39 is 5.95 Å². The summed E-state index contributed by atoms with van der Waals surface area (Å²) in [5, 5.41) is 8.78. The van der Waals surface area contributed by atoms with Crippen molar-refractivity contribution in [3.05, 3.63) is 34.4 Å². The van der Waals surface area contributed by atoms with Gasteiger partial charge in [0.15, 0.2) is 5.65 Å². The van der Waals surface area contributed by atoms with Crippen molar-refractivity contribution in [2.75, 3.05) is 0 Å². The van der Waals surface area contributed by atoms with Crippen molar-refractivity contribution in [1.29, 1.82) is 0 Å². The van der Waals surface area contributed by atoms with Crippen LogP contribution in [0.1, 0.15) is 5.69 Å². The van der Waals surface area contributed by atoms with Crippen molar-refractivity contribution in [3.8, 4) is 0 Å². The Kier molecular flexibility index (Phi) is 2.05. The van der Waals surface area contributed by atoms with Crippen molar-refractivity contribution in [1.82, 2.24) is 9.38 Å². The van der Waals surface area contributed by atoms with Crippen LogP contribution in [-0.4, -0.2) is 14.5 Å². The molecule has 0 spiro atoms. The minimum absolute atomic E-state index is 0.0619. The molecule has 0 fully saturated rings. The second-order valence-electron chi connectivity index (χ2n) is 2.56. The van der Waals surface area contributed by atoms with Crippen LogP contribution in [0.25, 0.3) is 5.65 Å². The number of aliphatic hydroxyl groups is 1. The molecule has 2 aromatic rings. The molecule has 0 saturated heterocycles. The summed E-state index contributed by atoms with van der Waals surface area (Å²) in [5.74, 6) is -0.515. The standard InChI is InChI=1S/C8H6BrFN2O/c9-5-2-1-3-12-7(10)6(4-13)11-8(5)12/h1-3,13H,4H2. The van der Waals surface area contributed by atoms with Gasteiger partial charge in [-0.25, -0.2) is 4.98 Å². The molecule has 2 aromatic heterocycles. The number of pyridine rings is 1. The third-order valence-electron chi connectivity index (χ3n) is 1.76. The van der Waals surface area contributed by atoms with Gasteiger partial charge >= 0.3 is 0 Å². The Hall–Kier alpha value is -0.940. The molecule has 0 unspecified atom stereocenters. The first-order valence-corrected chi connectivity index (χ1v) is 4.45. The first-order chi connectivity index (χ1) is 6.24. The van der Waals surface area contributed by atoms with Gasteiger partial charge in [-0.1, -0.05) is 0 Å². The second-order valence-corrected chi connectivity index (χ2v) is 3.41. The van der Waals surface area contributed by atoms with E-state index in [-0.39, 0.29) is 12.3 Å². The van der Waals surface area contributed by atoms with Crippen LogP contribution in [0.5, 0.6) is 0 Å². The second kappa shape index (κ2) is 3.08. The Morgan fingerprint density at radius 3 is 3.00 bits per heavy atom. The first kappa shape index (κ1) is 8.65. The fraction of sp³-hybridized carbons (Fsp3) is 0.125. The van der Waals surface area contributed by atoms with E-state index in [0.29, 0.717) is 10.1 Å². The van der Waals surface area contributed by atoms with Gasteiger partial charge in [-0.05, 0) is 28.1 Å².